The second-order valence-corrected chi connectivity index (χ2v) is 7.18. The van der Waals surface area contributed by atoms with Crippen LogP contribution >= 0.6 is 11.5 Å². The van der Waals surface area contributed by atoms with E-state index in [0.29, 0.717) is 16.6 Å². The molecule has 2 aromatic heterocycles. The number of carbonyl (C=O) groups is 1. The maximum Gasteiger partial charge on any atom is 0.274 e. The van der Waals surface area contributed by atoms with Gasteiger partial charge in [-0.2, -0.15) is 9.36 Å². The van der Waals surface area contributed by atoms with E-state index in [2.05, 4.69) is 26.8 Å². The molecule has 0 saturated carbocycles. The summed E-state index contributed by atoms with van der Waals surface area (Å²) < 4.78 is 11.5. The zero-order valence-electron chi connectivity index (χ0n) is 15.9. The van der Waals surface area contributed by atoms with Crippen molar-refractivity contribution in [2.24, 2.45) is 0 Å². The lowest BCUT2D eigenvalue weighted by molar-refractivity contribution is 0.101. The van der Waals surface area contributed by atoms with Gasteiger partial charge in [0.1, 0.15) is 11.4 Å². The van der Waals surface area contributed by atoms with Crippen LogP contribution in [0.25, 0.3) is 11.4 Å². The number of rotatable bonds is 7. The van der Waals surface area contributed by atoms with Gasteiger partial charge in [-0.25, -0.2) is 0 Å². The van der Waals surface area contributed by atoms with Gasteiger partial charge in [0.25, 0.3) is 5.91 Å². The van der Waals surface area contributed by atoms with E-state index < -0.39 is 0 Å². The van der Waals surface area contributed by atoms with Crippen LogP contribution in [-0.4, -0.2) is 26.9 Å². The molecule has 0 aliphatic heterocycles. The van der Waals surface area contributed by atoms with Gasteiger partial charge in [0.15, 0.2) is 5.82 Å². The lowest BCUT2D eigenvalue weighted by Gasteiger charge is -2.08. The summed E-state index contributed by atoms with van der Waals surface area (Å²) in [7, 11) is 1.62. The Morgan fingerprint density at radius 2 is 1.86 bits per heavy atom. The molecule has 0 fully saturated rings. The van der Waals surface area contributed by atoms with Crippen LogP contribution in [0.3, 0.4) is 0 Å². The van der Waals surface area contributed by atoms with Crippen LogP contribution in [0.2, 0.25) is 0 Å². The van der Waals surface area contributed by atoms with Crippen LogP contribution < -0.4 is 10.1 Å². The molecule has 146 valence electrons. The third kappa shape index (κ3) is 4.52. The number of carbonyl (C=O) groups excluding carboxylic acids is 1. The van der Waals surface area contributed by atoms with E-state index in [-0.39, 0.29) is 5.91 Å². The minimum atomic E-state index is -0.194. The van der Waals surface area contributed by atoms with Gasteiger partial charge in [0.2, 0.25) is 5.13 Å². The van der Waals surface area contributed by atoms with Gasteiger partial charge in [-0.05, 0) is 48.4 Å². The van der Waals surface area contributed by atoms with Crippen molar-refractivity contribution in [3.05, 3.63) is 84.2 Å². The van der Waals surface area contributed by atoms with Crippen molar-refractivity contribution in [2.45, 2.75) is 13.0 Å². The van der Waals surface area contributed by atoms with Gasteiger partial charge in [0, 0.05) is 29.8 Å². The van der Waals surface area contributed by atoms with Crippen LogP contribution in [0.15, 0.2) is 72.9 Å². The monoisotopic (exact) mass is 404 g/mol. The molecular weight excluding hydrogens is 384 g/mol. The SMILES string of the molecule is COc1ccc(-c2nsc(NC(=O)c3cccn3CCc3ccccc3)n2)cc1. The second kappa shape index (κ2) is 8.70. The molecular formula is C22H20N4O2S. The smallest absolute Gasteiger partial charge is 0.274 e. The Morgan fingerprint density at radius 1 is 1.07 bits per heavy atom. The first-order chi connectivity index (χ1) is 14.2. The van der Waals surface area contributed by atoms with Crippen molar-refractivity contribution >= 4 is 22.6 Å². The molecule has 0 bridgehead atoms. The second-order valence-electron chi connectivity index (χ2n) is 6.43. The quantitative estimate of drug-likeness (QED) is 0.492. The standard InChI is InChI=1S/C22H20N4O2S/c1-28-18-11-9-17(10-12-18)20-23-22(29-25-20)24-21(27)19-8-5-14-26(19)15-13-16-6-3-2-4-7-16/h2-12,14H,13,15H2,1H3,(H,23,24,25,27). The number of anilines is 1. The van der Waals surface area contributed by atoms with Crippen molar-refractivity contribution in [1.82, 2.24) is 13.9 Å². The van der Waals surface area contributed by atoms with Gasteiger partial charge in [0.05, 0.1) is 7.11 Å². The van der Waals surface area contributed by atoms with Gasteiger partial charge in [-0.15, -0.1) is 0 Å². The van der Waals surface area contributed by atoms with E-state index in [1.807, 2.05) is 65.4 Å². The predicted molar refractivity (Wildman–Crippen MR) is 114 cm³/mol. The summed E-state index contributed by atoms with van der Waals surface area (Å²) in [5.41, 5.74) is 2.71. The molecule has 7 heteroatoms. The van der Waals surface area contributed by atoms with Crippen LogP contribution in [0, 0.1) is 0 Å². The van der Waals surface area contributed by atoms with Gasteiger partial charge < -0.3 is 9.30 Å². The number of benzene rings is 2. The Kier molecular flexibility index (Phi) is 5.67. The topological polar surface area (TPSA) is 69.0 Å². The molecule has 4 aromatic rings. The van der Waals surface area contributed by atoms with E-state index in [4.69, 9.17) is 4.74 Å². The Bertz CT molecular complexity index is 1090. The molecule has 0 unspecified atom stereocenters. The van der Waals surface area contributed by atoms with E-state index in [9.17, 15) is 4.79 Å². The van der Waals surface area contributed by atoms with Crippen molar-refractivity contribution in [3.63, 3.8) is 0 Å². The molecule has 1 amide bonds. The van der Waals surface area contributed by atoms with E-state index in [1.165, 1.54) is 5.56 Å². The number of ether oxygens (including phenoxy) is 1. The molecule has 2 aromatic carbocycles. The zero-order chi connectivity index (χ0) is 20.1. The van der Waals surface area contributed by atoms with E-state index in [1.54, 1.807) is 7.11 Å². The van der Waals surface area contributed by atoms with Crippen molar-refractivity contribution in [2.75, 3.05) is 12.4 Å². The highest BCUT2D eigenvalue weighted by Crippen LogP contribution is 2.23. The number of nitrogens with zero attached hydrogens (tertiary/aromatic N) is 3. The highest BCUT2D eigenvalue weighted by molar-refractivity contribution is 7.10. The summed E-state index contributed by atoms with van der Waals surface area (Å²) in [5, 5.41) is 3.33. The minimum absolute atomic E-state index is 0.194. The predicted octanol–water partition coefficient (Wildman–Crippen LogP) is 4.51. The summed E-state index contributed by atoms with van der Waals surface area (Å²) >= 11 is 1.16. The summed E-state index contributed by atoms with van der Waals surface area (Å²) in [6.07, 6.45) is 2.77. The van der Waals surface area contributed by atoms with Gasteiger partial charge >= 0.3 is 0 Å². The maximum atomic E-state index is 12.7. The fourth-order valence-corrected chi connectivity index (χ4v) is 3.59. The average Bonchev–Trinajstić information content (AvgIpc) is 3.43. The first-order valence-corrected chi connectivity index (χ1v) is 9.99. The molecule has 0 aliphatic carbocycles. The highest BCUT2D eigenvalue weighted by atomic mass is 32.1. The number of hydrogen-bond donors (Lipinski definition) is 1. The lowest BCUT2D eigenvalue weighted by Crippen LogP contribution is -2.17. The number of nitrogens with one attached hydrogen (secondary N) is 1. The first-order valence-electron chi connectivity index (χ1n) is 9.21. The first kappa shape index (κ1) is 18.9. The molecule has 1 N–H and O–H groups in total. The molecule has 0 atom stereocenters. The molecule has 0 aliphatic rings. The normalized spacial score (nSPS) is 10.7. The largest absolute Gasteiger partial charge is 0.497 e. The molecule has 4 rings (SSSR count). The van der Waals surface area contributed by atoms with Crippen LogP contribution in [0.5, 0.6) is 5.75 Å². The van der Waals surface area contributed by atoms with Crippen molar-refractivity contribution < 1.29 is 9.53 Å². The Labute approximate surface area is 173 Å². The minimum Gasteiger partial charge on any atom is -0.497 e. The molecule has 0 spiro atoms. The lowest BCUT2D eigenvalue weighted by atomic mass is 10.1. The third-order valence-electron chi connectivity index (χ3n) is 4.54. The fourth-order valence-electron chi connectivity index (χ4n) is 3.00. The number of aryl methyl sites for hydroxylation is 2. The number of methoxy groups -OCH3 is 1. The van der Waals surface area contributed by atoms with Crippen LogP contribution in [-0.2, 0) is 13.0 Å². The molecule has 2 heterocycles. The van der Waals surface area contributed by atoms with Crippen molar-refractivity contribution in [1.29, 1.82) is 0 Å². The number of hydrogen-bond acceptors (Lipinski definition) is 5. The van der Waals surface area contributed by atoms with Gasteiger partial charge in [-0.3, -0.25) is 10.1 Å². The Balaban J connectivity index is 1.42. The fraction of sp³-hybridized carbons (Fsp3) is 0.136. The van der Waals surface area contributed by atoms with E-state index >= 15 is 0 Å². The van der Waals surface area contributed by atoms with Crippen LogP contribution in [0.1, 0.15) is 16.1 Å². The number of aromatic nitrogens is 3. The maximum absolute atomic E-state index is 12.7. The number of amides is 1. The average molecular weight is 404 g/mol. The zero-order valence-corrected chi connectivity index (χ0v) is 16.7. The molecule has 6 nitrogen and oxygen atoms in total. The summed E-state index contributed by atoms with van der Waals surface area (Å²) in [6.45, 7) is 0.729. The molecule has 0 saturated heterocycles. The molecule has 0 radical (unpaired) electrons. The summed E-state index contributed by atoms with van der Waals surface area (Å²) in [6, 6.07) is 21.4. The molecule has 29 heavy (non-hydrogen) atoms. The summed E-state index contributed by atoms with van der Waals surface area (Å²) in [5.74, 6) is 1.15. The van der Waals surface area contributed by atoms with E-state index in [0.717, 1.165) is 35.8 Å². The third-order valence-corrected chi connectivity index (χ3v) is 5.17. The van der Waals surface area contributed by atoms with Crippen LogP contribution in [0.4, 0.5) is 5.13 Å². The summed E-state index contributed by atoms with van der Waals surface area (Å²) in [4.78, 5) is 17.2. The Morgan fingerprint density at radius 3 is 2.62 bits per heavy atom. The van der Waals surface area contributed by atoms with Crippen molar-refractivity contribution in [3.8, 4) is 17.1 Å². The Hall–Kier alpha value is -3.45. The highest BCUT2D eigenvalue weighted by Gasteiger charge is 2.14. The van der Waals surface area contributed by atoms with Gasteiger partial charge in [-0.1, -0.05) is 30.3 Å².